The van der Waals surface area contributed by atoms with Gasteiger partial charge in [-0.15, -0.1) is 10.2 Å². The van der Waals surface area contributed by atoms with Crippen molar-refractivity contribution in [3.05, 3.63) is 28.2 Å². The zero-order valence-corrected chi connectivity index (χ0v) is 20.2. The number of aliphatic hydroxyl groups is 2. The molecule has 11 heteroatoms. The van der Waals surface area contributed by atoms with Gasteiger partial charge in [-0.25, -0.2) is 0 Å². The molecule has 0 aliphatic heterocycles. The Hall–Kier alpha value is -1.75. The molecule has 32 heavy (non-hydrogen) atoms. The lowest BCUT2D eigenvalue weighted by Crippen LogP contribution is -2.39. The maximum absolute atomic E-state index is 10.0. The van der Waals surface area contributed by atoms with Crippen molar-refractivity contribution in [1.82, 2.24) is 20.5 Å². The molecule has 1 atom stereocenters. The van der Waals surface area contributed by atoms with Gasteiger partial charge in [0.05, 0.1) is 28.4 Å². The van der Waals surface area contributed by atoms with Crippen LogP contribution in [0.2, 0.25) is 10.0 Å². The van der Waals surface area contributed by atoms with Gasteiger partial charge >= 0.3 is 0 Å². The third-order valence-electron chi connectivity index (χ3n) is 4.43. The van der Waals surface area contributed by atoms with Crippen LogP contribution in [0, 0.1) is 0 Å². The molecule has 0 bridgehead atoms. The number of nitrogen functional groups attached to an aromatic ring is 1. The average molecular weight is 487 g/mol. The first-order valence-electron chi connectivity index (χ1n) is 10.5. The van der Waals surface area contributed by atoms with Crippen LogP contribution in [-0.4, -0.2) is 76.5 Å². The van der Waals surface area contributed by atoms with E-state index < -0.39 is 6.10 Å². The number of nitrogens with zero attached hydrogens (tertiary/aromatic N) is 4. The minimum atomic E-state index is -0.615. The maximum atomic E-state index is 10.0. The van der Waals surface area contributed by atoms with Gasteiger partial charge in [0, 0.05) is 38.3 Å². The van der Waals surface area contributed by atoms with Crippen molar-refractivity contribution in [2.24, 2.45) is 0 Å². The van der Waals surface area contributed by atoms with E-state index in [1.165, 1.54) is 0 Å². The van der Waals surface area contributed by atoms with Crippen LogP contribution in [0.5, 0.6) is 0 Å². The highest BCUT2D eigenvalue weighted by Gasteiger charge is 2.17. The van der Waals surface area contributed by atoms with Gasteiger partial charge in [0.15, 0.2) is 5.82 Å². The minimum Gasteiger partial charge on any atom is -0.396 e. The second-order valence-corrected chi connectivity index (χ2v) is 9.08. The molecule has 0 aliphatic carbocycles. The van der Waals surface area contributed by atoms with E-state index in [1.54, 1.807) is 18.2 Å². The van der Waals surface area contributed by atoms with Crippen molar-refractivity contribution in [3.8, 4) is 11.3 Å². The van der Waals surface area contributed by atoms with Crippen molar-refractivity contribution >= 4 is 35.0 Å². The number of hydrogen-bond donors (Lipinski definition) is 4. The lowest BCUT2D eigenvalue weighted by atomic mass is 10.1. The van der Waals surface area contributed by atoms with Crippen LogP contribution in [0.4, 0.5) is 11.8 Å². The summed E-state index contributed by atoms with van der Waals surface area (Å²) in [6.07, 6.45) is -0.0805. The van der Waals surface area contributed by atoms with Crippen LogP contribution >= 0.6 is 23.2 Å². The van der Waals surface area contributed by atoms with Gasteiger partial charge in [-0.05, 0) is 33.3 Å². The van der Waals surface area contributed by atoms with E-state index in [0.29, 0.717) is 59.9 Å². The first-order chi connectivity index (χ1) is 15.1. The number of halogens is 2. The summed E-state index contributed by atoms with van der Waals surface area (Å²) in [4.78, 5) is 6.26. The lowest BCUT2D eigenvalue weighted by molar-refractivity contribution is -0.0477. The van der Waals surface area contributed by atoms with Crippen molar-refractivity contribution in [2.45, 2.75) is 38.9 Å². The summed E-state index contributed by atoms with van der Waals surface area (Å²) in [7, 11) is 0. The molecule has 0 radical (unpaired) electrons. The van der Waals surface area contributed by atoms with Gasteiger partial charge in [-0.3, -0.25) is 0 Å². The highest BCUT2D eigenvalue weighted by atomic mass is 35.5. The monoisotopic (exact) mass is 486 g/mol. The quantitative estimate of drug-likeness (QED) is 0.334. The molecule has 2 rings (SSSR count). The number of aromatic nitrogens is 3. The molecular formula is C21H32Cl2N6O3. The summed E-state index contributed by atoms with van der Waals surface area (Å²) in [5.41, 5.74) is 6.75. The molecule has 0 saturated heterocycles. The molecule has 0 spiro atoms. The topological polar surface area (TPSA) is 130 Å². The van der Waals surface area contributed by atoms with E-state index in [2.05, 4.69) is 20.5 Å². The molecule has 2 aromatic rings. The molecule has 178 valence electrons. The van der Waals surface area contributed by atoms with Gasteiger partial charge in [0.1, 0.15) is 5.69 Å². The van der Waals surface area contributed by atoms with Crippen LogP contribution in [0.15, 0.2) is 18.2 Å². The molecule has 0 fully saturated rings. The summed E-state index contributed by atoms with van der Waals surface area (Å²) >= 11 is 12.4. The number of hydrogen-bond acceptors (Lipinski definition) is 9. The Bertz CT molecular complexity index is 866. The molecule has 1 unspecified atom stereocenters. The molecule has 5 N–H and O–H groups in total. The Balaban J connectivity index is 2.01. The highest BCUT2D eigenvalue weighted by Crippen LogP contribution is 2.34. The summed E-state index contributed by atoms with van der Waals surface area (Å²) in [6.45, 7) is 8.11. The lowest BCUT2D eigenvalue weighted by Gasteiger charge is -2.24. The Morgan fingerprint density at radius 2 is 1.97 bits per heavy atom. The molecule has 9 nitrogen and oxygen atoms in total. The molecule has 1 aromatic heterocycles. The standard InChI is InChI=1S/C21H32Cl2N6O3/c1-21(2,3)32-13-14(31)12-25-8-10-29(9-5-11-30)20-26-19(24)18(27-28-20)15-6-4-7-16(22)17(15)23/h4,6-7,14,25,30-31H,5,8-13H2,1-3H3,(H2,24,26,28). The van der Waals surface area contributed by atoms with Crippen molar-refractivity contribution < 1.29 is 14.9 Å². The predicted octanol–water partition coefficient (Wildman–Crippen LogP) is 2.38. The van der Waals surface area contributed by atoms with E-state index >= 15 is 0 Å². The van der Waals surface area contributed by atoms with E-state index in [-0.39, 0.29) is 24.6 Å². The number of aliphatic hydroxyl groups excluding tert-OH is 2. The van der Waals surface area contributed by atoms with Gasteiger partial charge < -0.3 is 30.9 Å². The molecule has 1 aromatic carbocycles. The molecule has 0 amide bonds. The second-order valence-electron chi connectivity index (χ2n) is 8.29. The molecule has 0 saturated carbocycles. The molecule has 1 heterocycles. The number of ether oxygens (including phenoxy) is 1. The Kier molecular flexibility index (Phi) is 10.3. The van der Waals surface area contributed by atoms with Crippen molar-refractivity contribution in [2.75, 3.05) is 50.0 Å². The predicted molar refractivity (Wildman–Crippen MR) is 128 cm³/mol. The summed E-state index contributed by atoms with van der Waals surface area (Å²) in [6, 6.07) is 5.17. The van der Waals surface area contributed by atoms with E-state index in [0.717, 1.165) is 0 Å². The van der Waals surface area contributed by atoms with Crippen LogP contribution < -0.4 is 16.0 Å². The normalized spacial score (nSPS) is 12.7. The van der Waals surface area contributed by atoms with Crippen molar-refractivity contribution in [3.63, 3.8) is 0 Å². The van der Waals surface area contributed by atoms with Gasteiger partial charge in [0.25, 0.3) is 0 Å². The molecular weight excluding hydrogens is 455 g/mol. The number of anilines is 2. The number of nitrogens with one attached hydrogen (secondary N) is 1. The second kappa shape index (κ2) is 12.5. The molecule has 0 aliphatic rings. The fourth-order valence-electron chi connectivity index (χ4n) is 2.80. The summed E-state index contributed by atoms with van der Waals surface area (Å²) in [5, 5.41) is 31.6. The smallest absolute Gasteiger partial charge is 0.247 e. The zero-order valence-electron chi connectivity index (χ0n) is 18.7. The van der Waals surface area contributed by atoms with Crippen LogP contribution in [0.3, 0.4) is 0 Å². The van der Waals surface area contributed by atoms with E-state index in [1.807, 2.05) is 25.7 Å². The first-order valence-corrected chi connectivity index (χ1v) is 11.2. The van der Waals surface area contributed by atoms with Crippen LogP contribution in [0.25, 0.3) is 11.3 Å². The van der Waals surface area contributed by atoms with Gasteiger partial charge in [-0.2, -0.15) is 4.98 Å². The van der Waals surface area contributed by atoms with E-state index in [9.17, 15) is 10.2 Å². The average Bonchev–Trinajstić information content (AvgIpc) is 2.73. The highest BCUT2D eigenvalue weighted by molar-refractivity contribution is 6.43. The van der Waals surface area contributed by atoms with Gasteiger partial charge in [0.2, 0.25) is 5.95 Å². The number of nitrogens with two attached hydrogens (primary N) is 1. The number of rotatable bonds is 12. The SMILES string of the molecule is CC(C)(C)OCC(O)CNCCN(CCCO)c1nnc(-c2cccc(Cl)c2Cl)c(N)n1. The third kappa shape index (κ3) is 8.31. The zero-order chi connectivity index (χ0) is 23.7. The Morgan fingerprint density at radius 3 is 2.62 bits per heavy atom. The fraction of sp³-hybridized carbons (Fsp3) is 0.571. The summed E-state index contributed by atoms with van der Waals surface area (Å²) < 4.78 is 5.58. The minimum absolute atomic E-state index is 0.0336. The first kappa shape index (κ1) is 26.5. The van der Waals surface area contributed by atoms with Crippen LogP contribution in [0.1, 0.15) is 27.2 Å². The Morgan fingerprint density at radius 1 is 1.22 bits per heavy atom. The van der Waals surface area contributed by atoms with Gasteiger partial charge in [-0.1, -0.05) is 35.3 Å². The largest absolute Gasteiger partial charge is 0.396 e. The maximum Gasteiger partial charge on any atom is 0.247 e. The third-order valence-corrected chi connectivity index (χ3v) is 5.24. The van der Waals surface area contributed by atoms with Crippen LogP contribution in [-0.2, 0) is 4.74 Å². The van der Waals surface area contributed by atoms with E-state index in [4.69, 9.17) is 33.7 Å². The van der Waals surface area contributed by atoms with Crippen molar-refractivity contribution in [1.29, 1.82) is 0 Å². The number of benzene rings is 1. The summed E-state index contributed by atoms with van der Waals surface area (Å²) in [5.74, 6) is 0.521. The Labute approximate surface area is 198 Å². The fourth-order valence-corrected chi connectivity index (χ4v) is 3.19.